The minimum Gasteiger partial charge on any atom is -0.497 e. The number of carbonyl (C=O) groups is 2. The van der Waals surface area contributed by atoms with Crippen LogP contribution in [0.25, 0.3) is 0 Å². The Morgan fingerprint density at radius 1 is 1.23 bits per heavy atom. The minimum absolute atomic E-state index is 0.0727. The number of nitrogens with zero attached hydrogens (tertiary/aromatic N) is 1. The van der Waals surface area contributed by atoms with E-state index in [-0.39, 0.29) is 18.2 Å². The number of nitrogens with one attached hydrogen (secondary N) is 1. The van der Waals surface area contributed by atoms with Crippen LogP contribution in [0.4, 0.5) is 11.4 Å². The Labute approximate surface area is 152 Å². The average Bonchev–Trinajstić information content (AvgIpc) is 3.05. The molecule has 0 saturated carbocycles. The molecule has 6 nitrogen and oxygen atoms in total. The maximum Gasteiger partial charge on any atom is 0.229 e. The van der Waals surface area contributed by atoms with E-state index < -0.39 is 5.92 Å². The quantitative estimate of drug-likeness (QED) is 0.866. The maximum absolute atomic E-state index is 12.6. The highest BCUT2D eigenvalue weighted by Gasteiger charge is 2.35. The van der Waals surface area contributed by atoms with Gasteiger partial charge in [0, 0.05) is 24.7 Å². The molecule has 0 aromatic heterocycles. The highest BCUT2D eigenvalue weighted by Crippen LogP contribution is 2.30. The molecule has 0 unspecified atom stereocenters. The number of hydrogen-bond donors (Lipinski definition) is 1. The maximum atomic E-state index is 12.6. The van der Waals surface area contributed by atoms with E-state index in [9.17, 15) is 9.59 Å². The van der Waals surface area contributed by atoms with Crippen LogP contribution in [0, 0.1) is 5.92 Å². The van der Waals surface area contributed by atoms with Crippen molar-refractivity contribution in [1.29, 1.82) is 0 Å². The molecule has 6 heteroatoms. The summed E-state index contributed by atoms with van der Waals surface area (Å²) in [6.07, 6.45) is 0.180. The Balaban J connectivity index is 1.71. The number of para-hydroxylation sites is 2. The third-order valence-electron chi connectivity index (χ3n) is 4.31. The van der Waals surface area contributed by atoms with Gasteiger partial charge in [0.25, 0.3) is 0 Å². The highest BCUT2D eigenvalue weighted by atomic mass is 16.5. The summed E-state index contributed by atoms with van der Waals surface area (Å²) in [6, 6.07) is 14.6. The van der Waals surface area contributed by atoms with Gasteiger partial charge in [0.1, 0.15) is 11.5 Å². The number of ether oxygens (including phenoxy) is 2. The SMILES string of the molecule is CCOc1ccccc1NC(=O)[C@H]1CC(=O)N(c2cccc(OC)c2)C1. The van der Waals surface area contributed by atoms with Gasteiger partial charge in [-0.1, -0.05) is 18.2 Å². The van der Waals surface area contributed by atoms with Crippen molar-refractivity contribution >= 4 is 23.2 Å². The van der Waals surface area contributed by atoms with Crippen molar-refractivity contribution in [3.05, 3.63) is 48.5 Å². The summed E-state index contributed by atoms with van der Waals surface area (Å²) in [4.78, 5) is 26.7. The van der Waals surface area contributed by atoms with Gasteiger partial charge in [-0.2, -0.15) is 0 Å². The number of rotatable bonds is 6. The predicted octanol–water partition coefficient (Wildman–Crippen LogP) is 3.09. The fourth-order valence-electron chi connectivity index (χ4n) is 3.00. The molecule has 1 atom stereocenters. The third kappa shape index (κ3) is 3.79. The zero-order valence-corrected chi connectivity index (χ0v) is 14.9. The summed E-state index contributed by atoms with van der Waals surface area (Å²) in [7, 11) is 1.58. The molecule has 1 N–H and O–H groups in total. The van der Waals surface area contributed by atoms with Gasteiger partial charge in [-0.3, -0.25) is 9.59 Å². The van der Waals surface area contributed by atoms with Gasteiger partial charge in [0.05, 0.1) is 25.3 Å². The van der Waals surface area contributed by atoms with Gasteiger partial charge >= 0.3 is 0 Å². The van der Waals surface area contributed by atoms with Crippen LogP contribution in [0.2, 0.25) is 0 Å². The number of hydrogen-bond acceptors (Lipinski definition) is 4. The molecule has 1 aliphatic heterocycles. The molecular weight excluding hydrogens is 332 g/mol. The van der Waals surface area contributed by atoms with Gasteiger partial charge in [-0.05, 0) is 31.2 Å². The van der Waals surface area contributed by atoms with Crippen molar-refractivity contribution in [3.8, 4) is 11.5 Å². The second kappa shape index (κ2) is 7.91. The molecule has 1 fully saturated rings. The molecule has 0 radical (unpaired) electrons. The fourth-order valence-corrected chi connectivity index (χ4v) is 3.00. The molecule has 1 heterocycles. The number of anilines is 2. The zero-order valence-electron chi connectivity index (χ0n) is 14.9. The molecular formula is C20H22N2O4. The topological polar surface area (TPSA) is 67.9 Å². The van der Waals surface area contributed by atoms with Crippen LogP contribution >= 0.6 is 0 Å². The van der Waals surface area contributed by atoms with E-state index in [1.54, 1.807) is 24.1 Å². The van der Waals surface area contributed by atoms with E-state index >= 15 is 0 Å². The Morgan fingerprint density at radius 2 is 2.04 bits per heavy atom. The van der Waals surface area contributed by atoms with E-state index in [1.807, 2.05) is 43.3 Å². The van der Waals surface area contributed by atoms with E-state index in [0.29, 0.717) is 30.3 Å². The molecule has 2 aromatic rings. The molecule has 0 bridgehead atoms. The van der Waals surface area contributed by atoms with Gasteiger partial charge in [-0.15, -0.1) is 0 Å². The summed E-state index contributed by atoms with van der Waals surface area (Å²) in [5.41, 5.74) is 1.35. The van der Waals surface area contributed by atoms with E-state index in [0.717, 1.165) is 5.69 Å². The van der Waals surface area contributed by atoms with E-state index in [4.69, 9.17) is 9.47 Å². The van der Waals surface area contributed by atoms with Crippen molar-refractivity contribution in [2.75, 3.05) is 30.5 Å². The van der Waals surface area contributed by atoms with Crippen LogP contribution in [0.1, 0.15) is 13.3 Å². The third-order valence-corrected chi connectivity index (χ3v) is 4.31. The lowest BCUT2D eigenvalue weighted by Gasteiger charge is -2.18. The van der Waals surface area contributed by atoms with Crippen LogP contribution in [0.15, 0.2) is 48.5 Å². The first-order valence-corrected chi connectivity index (χ1v) is 8.59. The van der Waals surface area contributed by atoms with Crippen molar-refractivity contribution in [2.45, 2.75) is 13.3 Å². The van der Waals surface area contributed by atoms with Gasteiger partial charge in [0.2, 0.25) is 11.8 Å². The lowest BCUT2D eigenvalue weighted by atomic mass is 10.1. The minimum atomic E-state index is -0.414. The Morgan fingerprint density at radius 3 is 2.81 bits per heavy atom. The fraction of sp³-hybridized carbons (Fsp3) is 0.300. The first-order valence-electron chi connectivity index (χ1n) is 8.59. The molecule has 1 aliphatic rings. The van der Waals surface area contributed by atoms with Gasteiger partial charge in [-0.25, -0.2) is 0 Å². The molecule has 2 amide bonds. The van der Waals surface area contributed by atoms with Crippen LogP contribution in [-0.2, 0) is 9.59 Å². The first-order chi connectivity index (χ1) is 12.6. The Kier molecular flexibility index (Phi) is 5.41. The van der Waals surface area contributed by atoms with E-state index in [2.05, 4.69) is 5.32 Å². The highest BCUT2D eigenvalue weighted by molar-refractivity contribution is 6.04. The molecule has 2 aromatic carbocycles. The smallest absolute Gasteiger partial charge is 0.229 e. The number of benzene rings is 2. The first kappa shape index (κ1) is 17.8. The number of amides is 2. The van der Waals surface area contributed by atoms with E-state index in [1.165, 1.54) is 0 Å². The van der Waals surface area contributed by atoms with Crippen LogP contribution < -0.4 is 19.7 Å². The lowest BCUT2D eigenvalue weighted by Crippen LogP contribution is -2.28. The normalized spacial score (nSPS) is 16.5. The Bertz CT molecular complexity index is 806. The zero-order chi connectivity index (χ0) is 18.5. The molecule has 0 spiro atoms. The van der Waals surface area contributed by atoms with Crippen molar-refractivity contribution in [3.63, 3.8) is 0 Å². The van der Waals surface area contributed by atoms with Crippen molar-refractivity contribution in [1.82, 2.24) is 0 Å². The van der Waals surface area contributed by atoms with Crippen LogP contribution in [0.5, 0.6) is 11.5 Å². The number of methoxy groups -OCH3 is 1. The van der Waals surface area contributed by atoms with Gasteiger partial charge in [0.15, 0.2) is 0 Å². The monoisotopic (exact) mass is 354 g/mol. The van der Waals surface area contributed by atoms with Crippen LogP contribution in [0.3, 0.4) is 0 Å². The summed E-state index contributed by atoms with van der Waals surface area (Å²) in [5.74, 6) is 0.627. The molecule has 0 aliphatic carbocycles. The largest absolute Gasteiger partial charge is 0.497 e. The summed E-state index contributed by atoms with van der Waals surface area (Å²) < 4.78 is 10.7. The lowest BCUT2D eigenvalue weighted by molar-refractivity contribution is -0.122. The summed E-state index contributed by atoms with van der Waals surface area (Å²) in [6.45, 7) is 2.74. The molecule has 136 valence electrons. The molecule has 1 saturated heterocycles. The predicted molar refractivity (Wildman–Crippen MR) is 99.7 cm³/mol. The average molecular weight is 354 g/mol. The second-order valence-corrected chi connectivity index (χ2v) is 6.03. The van der Waals surface area contributed by atoms with Crippen molar-refractivity contribution in [2.24, 2.45) is 5.92 Å². The summed E-state index contributed by atoms with van der Waals surface area (Å²) >= 11 is 0. The number of carbonyl (C=O) groups excluding carboxylic acids is 2. The molecule has 26 heavy (non-hydrogen) atoms. The van der Waals surface area contributed by atoms with Gasteiger partial charge < -0.3 is 19.7 Å². The Hall–Kier alpha value is -3.02. The second-order valence-electron chi connectivity index (χ2n) is 6.03. The summed E-state index contributed by atoms with van der Waals surface area (Å²) in [5, 5.41) is 2.88. The van der Waals surface area contributed by atoms with Crippen LogP contribution in [-0.4, -0.2) is 32.1 Å². The standard InChI is InChI=1S/C20H22N2O4/c1-3-26-18-10-5-4-9-17(18)21-20(24)14-11-19(23)22(13-14)15-7-6-8-16(12-15)25-2/h4-10,12,14H,3,11,13H2,1-2H3,(H,21,24)/t14-/m0/s1. The molecule has 3 rings (SSSR count). The van der Waals surface area contributed by atoms with Crippen molar-refractivity contribution < 1.29 is 19.1 Å².